The lowest BCUT2D eigenvalue weighted by molar-refractivity contribution is 0.400. The zero-order chi connectivity index (χ0) is 11.1. The molecule has 0 amide bonds. The Morgan fingerprint density at radius 2 is 2.12 bits per heavy atom. The van der Waals surface area contributed by atoms with Crippen LogP contribution < -0.4 is 4.74 Å². The van der Waals surface area contributed by atoms with E-state index in [2.05, 4.69) is 9.97 Å². The molecule has 0 aliphatic carbocycles. The number of nitrogens with one attached hydrogen (secondary N) is 1. The number of hydrogen-bond donors (Lipinski definition) is 2. The van der Waals surface area contributed by atoms with E-state index < -0.39 is 0 Å². The molecule has 0 bridgehead atoms. The lowest BCUT2D eigenvalue weighted by Gasteiger charge is -2.01. The van der Waals surface area contributed by atoms with Gasteiger partial charge in [0.25, 0.3) is 0 Å². The SMILES string of the molecule is COc1ncc(O)c2c1[nH]c1ccccc12. The van der Waals surface area contributed by atoms with Crippen LogP contribution in [0.5, 0.6) is 11.6 Å². The van der Waals surface area contributed by atoms with E-state index in [4.69, 9.17) is 4.74 Å². The number of aromatic hydroxyl groups is 1. The predicted octanol–water partition coefficient (Wildman–Crippen LogP) is 2.43. The van der Waals surface area contributed by atoms with Crippen molar-refractivity contribution >= 4 is 21.8 Å². The topological polar surface area (TPSA) is 58.1 Å². The number of pyridine rings is 1. The molecule has 0 fully saturated rings. The number of para-hydroxylation sites is 1. The van der Waals surface area contributed by atoms with Crippen LogP contribution in [0.3, 0.4) is 0 Å². The van der Waals surface area contributed by atoms with Crippen LogP contribution >= 0.6 is 0 Å². The summed E-state index contributed by atoms with van der Waals surface area (Å²) >= 11 is 0. The number of ether oxygens (including phenoxy) is 1. The molecule has 16 heavy (non-hydrogen) atoms. The second-order valence-electron chi connectivity index (χ2n) is 3.57. The molecule has 3 aromatic rings. The molecule has 0 aliphatic rings. The third-order valence-corrected chi connectivity index (χ3v) is 2.67. The van der Waals surface area contributed by atoms with Gasteiger partial charge in [0.15, 0.2) is 0 Å². The number of H-pyrrole nitrogens is 1. The molecule has 0 radical (unpaired) electrons. The normalized spacial score (nSPS) is 11.1. The van der Waals surface area contributed by atoms with Crippen molar-refractivity contribution in [2.45, 2.75) is 0 Å². The molecule has 4 nitrogen and oxygen atoms in total. The molecule has 2 aromatic heterocycles. The Kier molecular flexibility index (Phi) is 1.77. The molecule has 2 N–H and O–H groups in total. The average Bonchev–Trinajstić information content (AvgIpc) is 2.69. The molecule has 2 heterocycles. The predicted molar refractivity (Wildman–Crippen MR) is 61.8 cm³/mol. The van der Waals surface area contributed by atoms with Crippen molar-refractivity contribution in [1.82, 2.24) is 9.97 Å². The molecule has 3 rings (SSSR count). The fraction of sp³-hybridized carbons (Fsp3) is 0.0833. The second kappa shape index (κ2) is 3.13. The van der Waals surface area contributed by atoms with Crippen LogP contribution in [0.25, 0.3) is 21.8 Å². The van der Waals surface area contributed by atoms with Gasteiger partial charge in [-0.1, -0.05) is 18.2 Å². The van der Waals surface area contributed by atoms with Crippen LogP contribution in [0.15, 0.2) is 30.5 Å². The first-order valence-corrected chi connectivity index (χ1v) is 4.93. The Morgan fingerprint density at radius 1 is 1.31 bits per heavy atom. The van der Waals surface area contributed by atoms with Gasteiger partial charge >= 0.3 is 0 Å². The van der Waals surface area contributed by atoms with Gasteiger partial charge in [-0.25, -0.2) is 4.98 Å². The number of nitrogens with zero attached hydrogens (tertiary/aromatic N) is 1. The van der Waals surface area contributed by atoms with E-state index in [-0.39, 0.29) is 5.75 Å². The van der Waals surface area contributed by atoms with Crippen LogP contribution in [0, 0.1) is 0 Å². The van der Waals surface area contributed by atoms with Crippen molar-refractivity contribution in [3.8, 4) is 11.6 Å². The van der Waals surface area contributed by atoms with Crippen molar-refractivity contribution in [2.75, 3.05) is 7.11 Å². The highest BCUT2D eigenvalue weighted by Crippen LogP contribution is 2.35. The van der Waals surface area contributed by atoms with Crippen LogP contribution in [-0.4, -0.2) is 22.2 Å². The van der Waals surface area contributed by atoms with Gasteiger partial charge < -0.3 is 14.8 Å². The fourth-order valence-electron chi connectivity index (χ4n) is 1.97. The molecule has 0 spiro atoms. The van der Waals surface area contributed by atoms with Gasteiger partial charge in [-0.2, -0.15) is 0 Å². The highest BCUT2D eigenvalue weighted by Gasteiger charge is 2.12. The van der Waals surface area contributed by atoms with E-state index in [1.54, 1.807) is 7.11 Å². The second-order valence-corrected chi connectivity index (χ2v) is 3.57. The monoisotopic (exact) mass is 214 g/mol. The Balaban J connectivity index is 2.58. The minimum absolute atomic E-state index is 0.160. The van der Waals surface area contributed by atoms with Crippen LogP contribution in [-0.2, 0) is 0 Å². The van der Waals surface area contributed by atoms with E-state index in [0.717, 1.165) is 21.8 Å². The number of aromatic nitrogens is 2. The van der Waals surface area contributed by atoms with Crippen LogP contribution in [0.4, 0.5) is 0 Å². The number of rotatable bonds is 1. The Hall–Kier alpha value is -2.23. The number of methoxy groups -OCH3 is 1. The van der Waals surface area contributed by atoms with Crippen LogP contribution in [0.2, 0.25) is 0 Å². The number of aromatic amines is 1. The third-order valence-electron chi connectivity index (χ3n) is 2.67. The van der Waals surface area contributed by atoms with Crippen LogP contribution in [0.1, 0.15) is 0 Å². The van der Waals surface area contributed by atoms with E-state index >= 15 is 0 Å². The van der Waals surface area contributed by atoms with Gasteiger partial charge in [-0.3, -0.25) is 0 Å². The lowest BCUT2D eigenvalue weighted by atomic mass is 10.2. The molecule has 0 unspecified atom stereocenters. The maximum Gasteiger partial charge on any atom is 0.238 e. The standard InChI is InChI=1S/C12H10N2O2/c1-16-12-11-10(9(15)6-13-12)7-4-2-3-5-8(7)14-11/h2-6,14-15H,1H3. The van der Waals surface area contributed by atoms with Gasteiger partial charge in [0.2, 0.25) is 5.88 Å². The number of benzene rings is 1. The maximum atomic E-state index is 9.84. The molecule has 1 aromatic carbocycles. The lowest BCUT2D eigenvalue weighted by Crippen LogP contribution is -1.88. The Morgan fingerprint density at radius 3 is 2.94 bits per heavy atom. The molecule has 0 saturated carbocycles. The summed E-state index contributed by atoms with van der Waals surface area (Å²) in [5.41, 5.74) is 1.68. The summed E-state index contributed by atoms with van der Waals surface area (Å²) in [5, 5.41) is 11.6. The van der Waals surface area contributed by atoms with Crippen molar-refractivity contribution in [3.05, 3.63) is 30.5 Å². The summed E-state index contributed by atoms with van der Waals surface area (Å²) in [6.07, 6.45) is 1.40. The summed E-state index contributed by atoms with van der Waals surface area (Å²) in [4.78, 5) is 7.21. The summed E-state index contributed by atoms with van der Waals surface area (Å²) < 4.78 is 5.16. The van der Waals surface area contributed by atoms with Crippen molar-refractivity contribution < 1.29 is 9.84 Å². The van der Waals surface area contributed by atoms with Crippen molar-refractivity contribution in [3.63, 3.8) is 0 Å². The van der Waals surface area contributed by atoms with E-state index in [1.807, 2.05) is 24.3 Å². The third kappa shape index (κ3) is 1.07. The maximum absolute atomic E-state index is 9.84. The first-order valence-electron chi connectivity index (χ1n) is 4.93. The summed E-state index contributed by atoms with van der Waals surface area (Å²) in [5.74, 6) is 0.650. The van der Waals surface area contributed by atoms with Gasteiger partial charge in [0.1, 0.15) is 11.3 Å². The van der Waals surface area contributed by atoms with E-state index in [1.165, 1.54) is 6.20 Å². The van der Waals surface area contributed by atoms with Crippen molar-refractivity contribution in [2.24, 2.45) is 0 Å². The zero-order valence-corrected chi connectivity index (χ0v) is 8.69. The molecular formula is C12H10N2O2. The van der Waals surface area contributed by atoms with Gasteiger partial charge in [-0.05, 0) is 6.07 Å². The summed E-state index contributed by atoms with van der Waals surface area (Å²) in [6, 6.07) is 7.78. The highest BCUT2D eigenvalue weighted by molar-refractivity contribution is 6.11. The molecule has 0 atom stereocenters. The molecule has 0 aliphatic heterocycles. The Bertz CT molecular complexity index is 673. The Labute approximate surface area is 91.5 Å². The van der Waals surface area contributed by atoms with E-state index in [0.29, 0.717) is 5.88 Å². The van der Waals surface area contributed by atoms with Gasteiger partial charge in [-0.15, -0.1) is 0 Å². The largest absolute Gasteiger partial charge is 0.506 e. The molecular weight excluding hydrogens is 204 g/mol. The average molecular weight is 214 g/mol. The first-order chi connectivity index (χ1) is 7.81. The quantitative estimate of drug-likeness (QED) is 0.654. The summed E-state index contributed by atoms with van der Waals surface area (Å²) in [6.45, 7) is 0. The zero-order valence-electron chi connectivity index (χ0n) is 8.69. The highest BCUT2D eigenvalue weighted by atomic mass is 16.5. The first kappa shape index (κ1) is 9.03. The smallest absolute Gasteiger partial charge is 0.238 e. The summed E-state index contributed by atoms with van der Waals surface area (Å²) in [7, 11) is 1.56. The fourth-order valence-corrected chi connectivity index (χ4v) is 1.97. The minimum atomic E-state index is 0.160. The van der Waals surface area contributed by atoms with E-state index in [9.17, 15) is 5.11 Å². The minimum Gasteiger partial charge on any atom is -0.506 e. The van der Waals surface area contributed by atoms with Gasteiger partial charge in [0.05, 0.1) is 18.7 Å². The molecule has 80 valence electrons. The van der Waals surface area contributed by atoms with Gasteiger partial charge in [0, 0.05) is 10.9 Å². The number of hydrogen-bond acceptors (Lipinski definition) is 3. The number of fused-ring (bicyclic) bond motifs is 3. The molecule has 0 saturated heterocycles. The van der Waals surface area contributed by atoms with Crippen molar-refractivity contribution in [1.29, 1.82) is 0 Å². The molecule has 4 heteroatoms.